The highest BCUT2D eigenvalue weighted by molar-refractivity contribution is 7.22. The Morgan fingerprint density at radius 3 is 2.61 bits per heavy atom. The molecule has 0 aliphatic carbocycles. The number of nitrogens with one attached hydrogen (secondary N) is 2. The maximum Gasteiger partial charge on any atom is 0.257 e. The summed E-state index contributed by atoms with van der Waals surface area (Å²) >= 11 is 1.32. The summed E-state index contributed by atoms with van der Waals surface area (Å²) in [5.41, 5.74) is 3.44. The molecule has 2 aromatic carbocycles. The number of anilines is 2. The lowest BCUT2D eigenvalue weighted by molar-refractivity contribution is -0.114. The molecule has 170 valence electrons. The summed E-state index contributed by atoms with van der Waals surface area (Å²) in [5, 5.41) is 9.92. The third-order valence-electron chi connectivity index (χ3n) is 4.91. The van der Waals surface area contributed by atoms with Crippen LogP contribution >= 0.6 is 11.3 Å². The van der Waals surface area contributed by atoms with Gasteiger partial charge >= 0.3 is 0 Å². The number of amides is 2. The lowest BCUT2D eigenvalue weighted by atomic mass is 10.2. The van der Waals surface area contributed by atoms with Crippen molar-refractivity contribution in [3.05, 3.63) is 59.0 Å². The molecule has 4 aromatic rings. The molecule has 2 heterocycles. The Hall–Kier alpha value is -3.92. The van der Waals surface area contributed by atoms with Crippen LogP contribution in [-0.4, -0.2) is 29.1 Å². The van der Waals surface area contributed by atoms with E-state index in [0.29, 0.717) is 33.6 Å². The number of aromatic nitrogens is 2. The molecule has 2 amide bonds. The minimum atomic E-state index is -0.327. The fourth-order valence-corrected chi connectivity index (χ4v) is 4.11. The zero-order valence-electron chi connectivity index (χ0n) is 18.5. The third-order valence-corrected chi connectivity index (χ3v) is 5.84. The van der Waals surface area contributed by atoms with E-state index in [-0.39, 0.29) is 18.4 Å². The van der Waals surface area contributed by atoms with Crippen molar-refractivity contribution < 1.29 is 23.6 Å². The van der Waals surface area contributed by atoms with Crippen molar-refractivity contribution in [3.8, 4) is 11.5 Å². The molecule has 33 heavy (non-hydrogen) atoms. The van der Waals surface area contributed by atoms with Gasteiger partial charge in [-0.15, -0.1) is 0 Å². The van der Waals surface area contributed by atoms with Crippen molar-refractivity contribution in [2.45, 2.75) is 27.4 Å². The highest BCUT2D eigenvalue weighted by Crippen LogP contribution is 2.31. The van der Waals surface area contributed by atoms with Gasteiger partial charge in [0.05, 0.1) is 28.6 Å². The van der Waals surface area contributed by atoms with Gasteiger partial charge in [-0.1, -0.05) is 16.5 Å². The predicted molar refractivity (Wildman–Crippen MR) is 125 cm³/mol. The monoisotopic (exact) mass is 466 g/mol. The van der Waals surface area contributed by atoms with Crippen LogP contribution in [0.3, 0.4) is 0 Å². The maximum atomic E-state index is 12.8. The van der Waals surface area contributed by atoms with E-state index in [2.05, 4.69) is 20.8 Å². The molecule has 4 rings (SSSR count). The Morgan fingerprint density at radius 1 is 1.09 bits per heavy atom. The van der Waals surface area contributed by atoms with Crippen molar-refractivity contribution in [2.75, 3.05) is 17.7 Å². The van der Waals surface area contributed by atoms with E-state index in [9.17, 15) is 9.59 Å². The zero-order chi connectivity index (χ0) is 23.5. The number of thiazole rings is 1. The number of ether oxygens (including phenoxy) is 2. The van der Waals surface area contributed by atoms with E-state index in [1.807, 2.05) is 19.9 Å². The Labute approximate surface area is 193 Å². The van der Waals surface area contributed by atoms with E-state index < -0.39 is 0 Å². The highest BCUT2D eigenvalue weighted by atomic mass is 32.1. The Morgan fingerprint density at radius 2 is 1.91 bits per heavy atom. The number of hydrogen-bond acceptors (Lipinski definition) is 8. The minimum absolute atomic E-state index is 0.152. The fourth-order valence-electron chi connectivity index (χ4n) is 3.21. The van der Waals surface area contributed by atoms with Gasteiger partial charge in [-0.3, -0.25) is 14.9 Å². The van der Waals surface area contributed by atoms with Gasteiger partial charge in [0, 0.05) is 18.2 Å². The standard InChI is InChI=1S/C23H22N4O5S/c1-12-17(13(2)32-27-12)11-31-19-8-5-15(9-20(19)30-4)22(29)26-23-25-18-7-6-16(24-14(3)28)10-21(18)33-23/h5-10H,11H2,1-4H3,(H,24,28)(H,25,26,29). The molecule has 0 fully saturated rings. The molecule has 0 bridgehead atoms. The number of aryl methyl sites for hydroxylation is 2. The van der Waals surface area contributed by atoms with Gasteiger partial charge in [-0.05, 0) is 50.2 Å². The van der Waals surface area contributed by atoms with Gasteiger partial charge in [0.1, 0.15) is 12.4 Å². The second-order valence-electron chi connectivity index (χ2n) is 7.29. The minimum Gasteiger partial charge on any atom is -0.493 e. The van der Waals surface area contributed by atoms with Crippen LogP contribution in [-0.2, 0) is 11.4 Å². The molecule has 0 aliphatic heterocycles. The molecule has 10 heteroatoms. The Balaban J connectivity index is 1.48. The number of nitrogens with zero attached hydrogens (tertiary/aromatic N) is 2. The van der Waals surface area contributed by atoms with E-state index in [1.54, 1.807) is 30.3 Å². The molecule has 0 unspecified atom stereocenters. The summed E-state index contributed by atoms with van der Waals surface area (Å²) in [6.45, 7) is 5.40. The van der Waals surface area contributed by atoms with Gasteiger partial charge in [-0.25, -0.2) is 4.98 Å². The number of carbonyl (C=O) groups excluding carboxylic acids is 2. The van der Waals surface area contributed by atoms with Crippen LogP contribution in [0, 0.1) is 13.8 Å². The Kier molecular flexibility index (Phi) is 6.27. The second kappa shape index (κ2) is 9.29. The molecule has 9 nitrogen and oxygen atoms in total. The lowest BCUT2D eigenvalue weighted by Crippen LogP contribution is -2.12. The van der Waals surface area contributed by atoms with Crippen LogP contribution in [0.2, 0.25) is 0 Å². The third kappa shape index (κ3) is 4.96. The molecule has 0 radical (unpaired) electrons. The van der Waals surface area contributed by atoms with Gasteiger partial charge in [-0.2, -0.15) is 0 Å². The molecule has 2 N–H and O–H groups in total. The van der Waals surface area contributed by atoms with Gasteiger partial charge in [0.15, 0.2) is 16.6 Å². The number of hydrogen-bond donors (Lipinski definition) is 2. The maximum absolute atomic E-state index is 12.8. The van der Waals surface area contributed by atoms with E-state index >= 15 is 0 Å². The molecule has 0 saturated heterocycles. The topological polar surface area (TPSA) is 116 Å². The molecular formula is C23H22N4O5S. The summed E-state index contributed by atoms with van der Waals surface area (Å²) in [4.78, 5) is 28.5. The van der Waals surface area contributed by atoms with Crippen molar-refractivity contribution >= 4 is 44.2 Å². The van der Waals surface area contributed by atoms with Crippen molar-refractivity contribution in [1.29, 1.82) is 0 Å². The van der Waals surface area contributed by atoms with Crippen molar-refractivity contribution in [3.63, 3.8) is 0 Å². The lowest BCUT2D eigenvalue weighted by Gasteiger charge is -2.12. The first-order valence-electron chi connectivity index (χ1n) is 10.1. The summed E-state index contributed by atoms with van der Waals surface area (Å²) in [6.07, 6.45) is 0. The van der Waals surface area contributed by atoms with Gasteiger partial charge < -0.3 is 19.3 Å². The molecule has 0 aliphatic rings. The van der Waals surface area contributed by atoms with Crippen LogP contribution < -0.4 is 20.1 Å². The molecular weight excluding hydrogens is 444 g/mol. The summed E-state index contributed by atoms with van der Waals surface area (Å²) in [5.74, 6) is 1.15. The predicted octanol–water partition coefficient (Wildman–Crippen LogP) is 4.70. The highest BCUT2D eigenvalue weighted by Gasteiger charge is 2.16. The first kappa shape index (κ1) is 22.3. The molecule has 0 spiro atoms. The van der Waals surface area contributed by atoms with Crippen LogP contribution in [0.1, 0.15) is 34.3 Å². The zero-order valence-corrected chi connectivity index (χ0v) is 19.3. The average Bonchev–Trinajstić information content (AvgIpc) is 3.33. The number of carbonyl (C=O) groups is 2. The number of fused-ring (bicyclic) bond motifs is 1. The van der Waals surface area contributed by atoms with Crippen LogP contribution in [0.25, 0.3) is 10.2 Å². The molecule has 0 saturated carbocycles. The van der Waals surface area contributed by atoms with Crippen molar-refractivity contribution in [1.82, 2.24) is 10.1 Å². The normalized spacial score (nSPS) is 10.8. The SMILES string of the molecule is COc1cc(C(=O)Nc2nc3ccc(NC(C)=O)cc3s2)ccc1OCc1c(C)noc1C. The average molecular weight is 467 g/mol. The molecule has 2 aromatic heterocycles. The van der Waals surface area contributed by atoms with E-state index in [0.717, 1.165) is 21.5 Å². The van der Waals surface area contributed by atoms with Crippen molar-refractivity contribution in [2.24, 2.45) is 0 Å². The quantitative estimate of drug-likeness (QED) is 0.406. The van der Waals surface area contributed by atoms with Crippen LogP contribution in [0.4, 0.5) is 10.8 Å². The smallest absolute Gasteiger partial charge is 0.257 e. The number of benzene rings is 2. The molecule has 0 atom stereocenters. The van der Waals surface area contributed by atoms with Gasteiger partial charge in [0.2, 0.25) is 5.91 Å². The Bertz CT molecular complexity index is 1320. The van der Waals surface area contributed by atoms with Gasteiger partial charge in [0.25, 0.3) is 5.91 Å². The number of methoxy groups -OCH3 is 1. The second-order valence-corrected chi connectivity index (χ2v) is 8.32. The first-order valence-corrected chi connectivity index (χ1v) is 10.9. The summed E-state index contributed by atoms with van der Waals surface area (Å²) in [6, 6.07) is 10.3. The fraction of sp³-hybridized carbons (Fsp3) is 0.217. The van der Waals surface area contributed by atoms with E-state index in [4.69, 9.17) is 14.0 Å². The number of rotatable bonds is 7. The van der Waals surface area contributed by atoms with Crippen LogP contribution in [0.5, 0.6) is 11.5 Å². The summed E-state index contributed by atoms with van der Waals surface area (Å²) in [7, 11) is 1.51. The first-order chi connectivity index (χ1) is 15.8. The summed E-state index contributed by atoms with van der Waals surface area (Å²) < 4.78 is 17.3. The van der Waals surface area contributed by atoms with Crippen LogP contribution in [0.15, 0.2) is 40.9 Å². The largest absolute Gasteiger partial charge is 0.493 e. The van der Waals surface area contributed by atoms with E-state index in [1.165, 1.54) is 25.4 Å².